The summed E-state index contributed by atoms with van der Waals surface area (Å²) in [5.41, 5.74) is 1.62. The summed E-state index contributed by atoms with van der Waals surface area (Å²) in [7, 11) is -3.69. The maximum atomic E-state index is 12.9. The van der Waals surface area contributed by atoms with E-state index in [1.807, 2.05) is 18.2 Å². The van der Waals surface area contributed by atoms with Crippen molar-refractivity contribution in [2.24, 2.45) is 0 Å². The Balaban J connectivity index is 1.84. The van der Waals surface area contributed by atoms with Gasteiger partial charge in [-0.15, -0.1) is 0 Å². The molecule has 0 saturated carbocycles. The molecule has 0 bridgehead atoms. The van der Waals surface area contributed by atoms with Crippen LogP contribution in [-0.4, -0.2) is 46.2 Å². The van der Waals surface area contributed by atoms with E-state index in [1.165, 1.54) is 6.07 Å². The summed E-state index contributed by atoms with van der Waals surface area (Å²) in [6.45, 7) is 4.69. The normalized spacial score (nSPS) is 17.0. The van der Waals surface area contributed by atoms with E-state index in [0.29, 0.717) is 28.8 Å². The average molecular weight is 429 g/mol. The van der Waals surface area contributed by atoms with Gasteiger partial charge in [-0.25, -0.2) is 13.1 Å². The van der Waals surface area contributed by atoms with E-state index < -0.39 is 10.0 Å². The van der Waals surface area contributed by atoms with Crippen molar-refractivity contribution >= 4 is 33.2 Å². The smallest absolute Gasteiger partial charge is 0.240 e. The second-order valence-electron chi connectivity index (χ2n) is 6.48. The monoisotopic (exact) mass is 428 g/mol. The van der Waals surface area contributed by atoms with Crippen LogP contribution in [0.2, 0.25) is 10.0 Å². The highest BCUT2D eigenvalue weighted by Crippen LogP contribution is 2.25. The van der Waals surface area contributed by atoms with Crippen LogP contribution in [0.25, 0.3) is 0 Å². The maximum Gasteiger partial charge on any atom is 0.240 e. The van der Waals surface area contributed by atoms with Gasteiger partial charge in [0.15, 0.2) is 0 Å². The van der Waals surface area contributed by atoms with Gasteiger partial charge in [0.1, 0.15) is 0 Å². The second kappa shape index (κ2) is 8.90. The molecule has 1 fully saturated rings. The van der Waals surface area contributed by atoms with Gasteiger partial charge >= 0.3 is 0 Å². The summed E-state index contributed by atoms with van der Waals surface area (Å²) in [5, 5.41) is 1.01. The second-order valence-corrected chi connectivity index (χ2v) is 9.09. The fourth-order valence-electron chi connectivity index (χ4n) is 3.19. The van der Waals surface area contributed by atoms with Gasteiger partial charge in [0.05, 0.1) is 18.1 Å². The first-order valence-corrected chi connectivity index (χ1v) is 10.9. The lowest BCUT2D eigenvalue weighted by Crippen LogP contribution is -2.43. The minimum absolute atomic E-state index is 0.137. The molecule has 0 amide bonds. The van der Waals surface area contributed by atoms with Crippen LogP contribution in [-0.2, 0) is 14.8 Å². The Kier molecular flexibility index (Phi) is 6.78. The van der Waals surface area contributed by atoms with Crippen molar-refractivity contribution in [3.63, 3.8) is 0 Å². The van der Waals surface area contributed by atoms with Crippen LogP contribution in [0.5, 0.6) is 0 Å². The summed E-state index contributed by atoms with van der Waals surface area (Å²) in [6.07, 6.45) is 0. The minimum Gasteiger partial charge on any atom is -0.379 e. The number of sulfonamides is 1. The van der Waals surface area contributed by atoms with Gasteiger partial charge in [-0.3, -0.25) is 4.90 Å². The van der Waals surface area contributed by atoms with Crippen molar-refractivity contribution in [1.29, 1.82) is 0 Å². The molecular weight excluding hydrogens is 407 g/mol. The predicted molar refractivity (Wildman–Crippen MR) is 108 cm³/mol. The van der Waals surface area contributed by atoms with Gasteiger partial charge < -0.3 is 4.74 Å². The molecule has 2 aromatic carbocycles. The number of rotatable bonds is 6. The number of morpholine rings is 1. The molecule has 1 unspecified atom stereocenters. The number of benzene rings is 2. The quantitative estimate of drug-likeness (QED) is 0.762. The predicted octanol–water partition coefficient (Wildman–Crippen LogP) is 3.65. The molecule has 1 aliphatic rings. The van der Waals surface area contributed by atoms with Crippen molar-refractivity contribution in [3.8, 4) is 0 Å². The lowest BCUT2D eigenvalue weighted by molar-refractivity contribution is 0.0172. The zero-order valence-corrected chi connectivity index (χ0v) is 17.3. The summed E-state index contributed by atoms with van der Waals surface area (Å²) in [4.78, 5) is 2.41. The summed E-state index contributed by atoms with van der Waals surface area (Å²) >= 11 is 12.1. The number of halogens is 2. The first-order valence-electron chi connectivity index (χ1n) is 8.70. The Morgan fingerprint density at radius 3 is 2.52 bits per heavy atom. The van der Waals surface area contributed by atoms with Crippen molar-refractivity contribution in [3.05, 3.63) is 63.6 Å². The Labute approximate surface area is 170 Å². The van der Waals surface area contributed by atoms with Gasteiger partial charge in [0, 0.05) is 35.7 Å². The van der Waals surface area contributed by atoms with Gasteiger partial charge in [-0.05, 0) is 42.3 Å². The first-order chi connectivity index (χ1) is 12.9. The highest BCUT2D eigenvalue weighted by Gasteiger charge is 2.26. The maximum absolute atomic E-state index is 12.9. The van der Waals surface area contributed by atoms with Gasteiger partial charge in [0.2, 0.25) is 10.0 Å². The average Bonchev–Trinajstić information content (AvgIpc) is 2.65. The third-order valence-corrected chi connectivity index (χ3v) is 6.66. The Bertz CT molecular complexity index is 900. The third kappa shape index (κ3) is 5.22. The topological polar surface area (TPSA) is 58.6 Å². The standard InChI is InChI=1S/C19H22Cl2N2O3S/c1-14-5-6-17(21)12-19(14)27(24,25)22-13-18(23-7-9-26-10-8-23)15-3-2-4-16(20)11-15/h2-6,11-12,18,22H,7-10,13H2,1H3. The van der Waals surface area contributed by atoms with E-state index in [4.69, 9.17) is 27.9 Å². The highest BCUT2D eigenvalue weighted by molar-refractivity contribution is 7.89. The fraction of sp³-hybridized carbons (Fsp3) is 0.368. The molecule has 1 saturated heterocycles. The Morgan fingerprint density at radius 2 is 1.81 bits per heavy atom. The molecule has 3 rings (SSSR count). The van der Waals surface area contributed by atoms with Crippen molar-refractivity contribution < 1.29 is 13.2 Å². The van der Waals surface area contributed by atoms with E-state index in [2.05, 4.69) is 9.62 Å². The first kappa shape index (κ1) is 20.6. The lowest BCUT2D eigenvalue weighted by atomic mass is 10.1. The van der Waals surface area contributed by atoms with Crippen LogP contribution >= 0.6 is 23.2 Å². The van der Waals surface area contributed by atoms with Crippen LogP contribution in [0.15, 0.2) is 47.4 Å². The van der Waals surface area contributed by atoms with E-state index in [0.717, 1.165) is 18.7 Å². The van der Waals surface area contributed by atoms with Crippen molar-refractivity contribution in [2.45, 2.75) is 17.9 Å². The molecule has 1 atom stereocenters. The third-order valence-electron chi connectivity index (χ3n) is 4.63. The van der Waals surface area contributed by atoms with Crippen LogP contribution < -0.4 is 4.72 Å². The number of nitrogens with zero attached hydrogens (tertiary/aromatic N) is 1. The minimum atomic E-state index is -3.69. The molecule has 0 aliphatic carbocycles. The Morgan fingerprint density at radius 1 is 1.11 bits per heavy atom. The summed E-state index contributed by atoms with van der Waals surface area (Å²) in [5.74, 6) is 0. The number of hydrogen-bond donors (Lipinski definition) is 1. The van der Waals surface area contributed by atoms with E-state index >= 15 is 0 Å². The summed E-state index contributed by atoms with van der Waals surface area (Å²) < 4.78 is 33.9. The molecule has 5 nitrogen and oxygen atoms in total. The number of nitrogens with one attached hydrogen (secondary N) is 1. The summed E-state index contributed by atoms with van der Waals surface area (Å²) in [6, 6.07) is 12.2. The molecule has 2 aromatic rings. The Hall–Kier alpha value is -1.15. The van der Waals surface area contributed by atoms with Gasteiger partial charge in [-0.1, -0.05) is 41.4 Å². The molecule has 1 aliphatic heterocycles. The van der Waals surface area contributed by atoms with Gasteiger partial charge in [0.25, 0.3) is 0 Å². The fourth-order valence-corrected chi connectivity index (χ4v) is 4.93. The molecule has 0 aromatic heterocycles. The SMILES string of the molecule is Cc1ccc(Cl)cc1S(=O)(=O)NCC(c1cccc(Cl)c1)N1CCOCC1. The van der Waals surface area contributed by atoms with Gasteiger partial charge in [-0.2, -0.15) is 0 Å². The van der Waals surface area contributed by atoms with E-state index in [1.54, 1.807) is 25.1 Å². The van der Waals surface area contributed by atoms with Crippen LogP contribution in [0, 0.1) is 6.92 Å². The van der Waals surface area contributed by atoms with Crippen molar-refractivity contribution in [2.75, 3.05) is 32.8 Å². The van der Waals surface area contributed by atoms with Crippen LogP contribution in [0.4, 0.5) is 0 Å². The largest absolute Gasteiger partial charge is 0.379 e. The molecule has 27 heavy (non-hydrogen) atoms. The zero-order valence-electron chi connectivity index (χ0n) is 15.0. The van der Waals surface area contributed by atoms with Crippen molar-refractivity contribution in [1.82, 2.24) is 9.62 Å². The molecule has 1 heterocycles. The number of ether oxygens (including phenoxy) is 1. The molecule has 0 spiro atoms. The molecule has 146 valence electrons. The highest BCUT2D eigenvalue weighted by atomic mass is 35.5. The van der Waals surface area contributed by atoms with Crippen LogP contribution in [0.3, 0.4) is 0 Å². The zero-order chi connectivity index (χ0) is 19.4. The molecule has 0 radical (unpaired) electrons. The number of hydrogen-bond acceptors (Lipinski definition) is 4. The molecule has 1 N–H and O–H groups in total. The van der Waals surface area contributed by atoms with E-state index in [9.17, 15) is 8.42 Å². The molecular formula is C19H22Cl2N2O3S. The number of aryl methyl sites for hydroxylation is 1. The van der Waals surface area contributed by atoms with E-state index in [-0.39, 0.29) is 17.5 Å². The molecule has 8 heteroatoms. The van der Waals surface area contributed by atoms with Crippen LogP contribution in [0.1, 0.15) is 17.2 Å². The lowest BCUT2D eigenvalue weighted by Gasteiger charge is -2.35.